The van der Waals surface area contributed by atoms with Crippen molar-refractivity contribution in [2.24, 2.45) is 0 Å². The number of rotatable bonds is 3. The average Bonchev–Trinajstić information content (AvgIpc) is 2.53. The van der Waals surface area contributed by atoms with Crippen LogP contribution in [0.15, 0.2) is 47.4 Å². The number of hydrogen-bond acceptors (Lipinski definition) is 5. The van der Waals surface area contributed by atoms with Crippen molar-refractivity contribution in [1.29, 1.82) is 0 Å². The summed E-state index contributed by atoms with van der Waals surface area (Å²) in [6, 6.07) is 7.78. The number of fused-ring (bicyclic) bond motifs is 1. The third-order valence-electron chi connectivity index (χ3n) is 3.19. The van der Waals surface area contributed by atoms with Crippen molar-refractivity contribution >= 4 is 10.1 Å². The van der Waals surface area contributed by atoms with Crippen molar-refractivity contribution < 1.29 is 35.2 Å². The van der Waals surface area contributed by atoms with Gasteiger partial charge in [-0.3, -0.25) is 0 Å². The fraction of sp³-hybridized carbons (Fsp3) is 0.200. The highest BCUT2D eigenvalue weighted by molar-refractivity contribution is 7.87. The molecular weight excluding hydrogens is 349 g/mol. The molecule has 1 heterocycles. The van der Waals surface area contributed by atoms with Crippen LogP contribution in [0.3, 0.4) is 0 Å². The summed E-state index contributed by atoms with van der Waals surface area (Å²) in [5.41, 5.74) is -1.17. The molecule has 2 aromatic carbocycles. The Morgan fingerprint density at radius 1 is 0.958 bits per heavy atom. The first-order valence-electron chi connectivity index (χ1n) is 6.78. The Balaban J connectivity index is 1.96. The lowest BCUT2D eigenvalue weighted by molar-refractivity contribution is -0.138. The molecule has 2 aromatic rings. The minimum Gasteiger partial charge on any atom is -0.486 e. The molecule has 0 aromatic heterocycles. The molecule has 0 fully saturated rings. The zero-order valence-corrected chi connectivity index (χ0v) is 12.9. The van der Waals surface area contributed by atoms with Gasteiger partial charge in [-0.05, 0) is 24.3 Å². The number of para-hydroxylation sites is 1. The van der Waals surface area contributed by atoms with Crippen LogP contribution in [-0.4, -0.2) is 21.6 Å². The van der Waals surface area contributed by atoms with Gasteiger partial charge in [0.25, 0.3) is 0 Å². The van der Waals surface area contributed by atoms with Crippen molar-refractivity contribution in [2.75, 3.05) is 13.2 Å². The van der Waals surface area contributed by atoms with Gasteiger partial charge in [-0.2, -0.15) is 21.6 Å². The number of alkyl halides is 3. The summed E-state index contributed by atoms with van der Waals surface area (Å²) in [7, 11) is -4.47. The van der Waals surface area contributed by atoms with Crippen molar-refractivity contribution in [3.63, 3.8) is 0 Å². The molecule has 24 heavy (non-hydrogen) atoms. The van der Waals surface area contributed by atoms with Crippen molar-refractivity contribution in [2.45, 2.75) is 11.1 Å². The SMILES string of the molecule is O=S(=O)(Oc1ccccc1C(F)(F)F)c1ccc2c(c1)OCCO2. The summed E-state index contributed by atoms with van der Waals surface area (Å²) in [5, 5.41) is 0. The predicted molar refractivity (Wildman–Crippen MR) is 76.7 cm³/mol. The molecule has 0 atom stereocenters. The monoisotopic (exact) mass is 360 g/mol. The van der Waals surface area contributed by atoms with Crippen LogP contribution in [0.2, 0.25) is 0 Å². The van der Waals surface area contributed by atoms with Gasteiger partial charge < -0.3 is 13.7 Å². The second-order valence-corrected chi connectivity index (χ2v) is 6.38. The highest BCUT2D eigenvalue weighted by atomic mass is 32.2. The summed E-state index contributed by atoms with van der Waals surface area (Å²) >= 11 is 0. The van der Waals surface area contributed by atoms with Gasteiger partial charge in [0.1, 0.15) is 18.1 Å². The van der Waals surface area contributed by atoms with Crippen molar-refractivity contribution in [3.05, 3.63) is 48.0 Å². The van der Waals surface area contributed by atoms with Crippen LogP contribution in [0.1, 0.15) is 5.56 Å². The topological polar surface area (TPSA) is 61.8 Å². The van der Waals surface area contributed by atoms with Crippen LogP contribution >= 0.6 is 0 Å². The Morgan fingerprint density at radius 2 is 1.62 bits per heavy atom. The Morgan fingerprint density at radius 3 is 2.33 bits per heavy atom. The van der Waals surface area contributed by atoms with E-state index in [1.807, 2.05) is 0 Å². The zero-order valence-electron chi connectivity index (χ0n) is 12.0. The van der Waals surface area contributed by atoms with Crippen LogP contribution in [0, 0.1) is 0 Å². The predicted octanol–water partition coefficient (Wildman–Crippen LogP) is 3.24. The smallest absolute Gasteiger partial charge is 0.420 e. The van der Waals surface area contributed by atoms with Gasteiger partial charge >= 0.3 is 16.3 Å². The maximum Gasteiger partial charge on any atom is 0.420 e. The molecule has 128 valence electrons. The maximum atomic E-state index is 12.9. The van der Waals surface area contributed by atoms with Crippen LogP contribution in [0.25, 0.3) is 0 Å². The first kappa shape index (κ1) is 16.4. The van der Waals surface area contributed by atoms with Gasteiger partial charge in [0.05, 0.1) is 5.56 Å². The molecule has 0 unspecified atom stereocenters. The van der Waals surface area contributed by atoms with Gasteiger partial charge in [0.15, 0.2) is 17.2 Å². The first-order chi connectivity index (χ1) is 11.3. The van der Waals surface area contributed by atoms with Gasteiger partial charge in [-0.25, -0.2) is 0 Å². The minimum atomic E-state index is -4.74. The molecule has 1 aliphatic rings. The molecule has 0 amide bonds. The second-order valence-electron chi connectivity index (χ2n) is 4.84. The summed E-state index contributed by atoms with van der Waals surface area (Å²) in [5.74, 6) is -0.245. The van der Waals surface area contributed by atoms with Gasteiger partial charge in [-0.15, -0.1) is 0 Å². The summed E-state index contributed by atoms with van der Waals surface area (Å²) in [4.78, 5) is -0.330. The Labute approximate surface area is 135 Å². The highest BCUT2D eigenvalue weighted by Gasteiger charge is 2.35. The number of hydrogen-bond donors (Lipinski definition) is 0. The molecule has 0 N–H and O–H groups in total. The van der Waals surface area contributed by atoms with Gasteiger partial charge in [0.2, 0.25) is 0 Å². The normalized spacial score (nSPS) is 14.3. The summed E-state index contributed by atoms with van der Waals surface area (Å²) in [6.45, 7) is 0.572. The molecular formula is C15H11F3O5S. The molecule has 0 bridgehead atoms. The Kier molecular flexibility index (Phi) is 4.04. The van der Waals surface area contributed by atoms with E-state index in [2.05, 4.69) is 0 Å². The fourth-order valence-electron chi connectivity index (χ4n) is 2.12. The molecule has 5 nitrogen and oxygen atoms in total. The minimum absolute atomic E-state index is 0.190. The number of benzene rings is 2. The molecule has 1 aliphatic heterocycles. The quantitative estimate of drug-likeness (QED) is 0.787. The van der Waals surface area contributed by atoms with Crippen LogP contribution < -0.4 is 13.7 Å². The third kappa shape index (κ3) is 3.25. The van der Waals surface area contributed by atoms with Crippen molar-refractivity contribution in [1.82, 2.24) is 0 Å². The fourth-order valence-corrected chi connectivity index (χ4v) is 3.08. The standard InChI is InChI=1S/C15H11F3O5S/c16-15(17,18)11-3-1-2-4-12(11)23-24(19,20)10-5-6-13-14(9-10)22-8-7-21-13/h1-6,9H,7-8H2. The van der Waals surface area contributed by atoms with E-state index in [0.29, 0.717) is 12.4 Å². The highest BCUT2D eigenvalue weighted by Crippen LogP contribution is 2.38. The van der Waals surface area contributed by atoms with Gasteiger partial charge in [0, 0.05) is 6.07 Å². The van der Waals surface area contributed by atoms with Crippen LogP contribution in [0.5, 0.6) is 17.2 Å². The first-order valence-corrected chi connectivity index (χ1v) is 8.18. The second kappa shape index (κ2) is 5.90. The lowest BCUT2D eigenvalue weighted by Crippen LogP contribution is -2.17. The zero-order chi connectivity index (χ0) is 17.4. The van der Waals surface area contributed by atoms with E-state index < -0.39 is 27.6 Å². The van der Waals surface area contributed by atoms with E-state index in [-0.39, 0.29) is 17.3 Å². The summed E-state index contributed by atoms with van der Waals surface area (Å²) < 4.78 is 78.6. The number of halogens is 3. The van der Waals surface area contributed by atoms with E-state index in [1.165, 1.54) is 18.2 Å². The molecule has 0 saturated heterocycles. The lowest BCUT2D eigenvalue weighted by Gasteiger charge is -2.19. The van der Waals surface area contributed by atoms with E-state index in [1.54, 1.807) is 0 Å². The molecule has 0 aliphatic carbocycles. The maximum absolute atomic E-state index is 12.9. The van der Waals surface area contributed by atoms with Crippen LogP contribution in [0.4, 0.5) is 13.2 Å². The van der Waals surface area contributed by atoms with E-state index in [4.69, 9.17) is 13.7 Å². The average molecular weight is 360 g/mol. The lowest BCUT2D eigenvalue weighted by atomic mass is 10.2. The Bertz CT molecular complexity index is 862. The van der Waals surface area contributed by atoms with Crippen molar-refractivity contribution in [3.8, 4) is 17.2 Å². The summed E-state index contributed by atoms with van der Waals surface area (Å²) in [6.07, 6.45) is -4.74. The van der Waals surface area contributed by atoms with E-state index in [0.717, 1.165) is 24.3 Å². The third-order valence-corrected chi connectivity index (χ3v) is 4.42. The largest absolute Gasteiger partial charge is 0.486 e. The Hall–Kier alpha value is -2.42. The van der Waals surface area contributed by atoms with Crippen LogP contribution in [-0.2, 0) is 16.3 Å². The molecule has 0 saturated carbocycles. The molecule has 0 radical (unpaired) electrons. The molecule has 0 spiro atoms. The number of ether oxygens (including phenoxy) is 2. The van der Waals surface area contributed by atoms with Gasteiger partial charge in [-0.1, -0.05) is 12.1 Å². The van der Waals surface area contributed by atoms with E-state index in [9.17, 15) is 21.6 Å². The molecule has 3 rings (SSSR count). The van der Waals surface area contributed by atoms with E-state index >= 15 is 0 Å². The molecule has 9 heteroatoms.